The molecule has 0 aliphatic carbocycles. The highest BCUT2D eigenvalue weighted by Gasteiger charge is 2.17. The van der Waals surface area contributed by atoms with Gasteiger partial charge in [0.15, 0.2) is 0 Å². The van der Waals surface area contributed by atoms with Gasteiger partial charge in [0.1, 0.15) is 5.01 Å². The molecule has 5 heteroatoms. The zero-order chi connectivity index (χ0) is 12.5. The van der Waals surface area contributed by atoms with E-state index < -0.39 is 0 Å². The molecular weight excluding hydrogens is 234 g/mol. The van der Waals surface area contributed by atoms with E-state index in [9.17, 15) is 4.79 Å². The van der Waals surface area contributed by atoms with Crippen LogP contribution < -0.4 is 5.56 Å². The summed E-state index contributed by atoms with van der Waals surface area (Å²) >= 11 is 1.57. The Balaban J connectivity index is 2.24. The lowest BCUT2D eigenvalue weighted by Gasteiger charge is -2.14. The van der Waals surface area contributed by atoms with E-state index in [2.05, 4.69) is 30.9 Å². The van der Waals surface area contributed by atoms with Crippen LogP contribution in [0.1, 0.15) is 31.5 Å². The second-order valence-corrected chi connectivity index (χ2v) is 5.84. The van der Waals surface area contributed by atoms with E-state index in [1.54, 1.807) is 23.6 Å². The van der Waals surface area contributed by atoms with Crippen LogP contribution in [0.25, 0.3) is 0 Å². The lowest BCUT2D eigenvalue weighted by atomic mass is 9.93. The molecule has 17 heavy (non-hydrogen) atoms. The first-order chi connectivity index (χ1) is 7.97. The van der Waals surface area contributed by atoms with E-state index in [1.807, 2.05) is 5.38 Å². The first-order valence-electron chi connectivity index (χ1n) is 5.44. The maximum atomic E-state index is 11.5. The highest BCUT2D eigenvalue weighted by atomic mass is 32.1. The summed E-state index contributed by atoms with van der Waals surface area (Å²) in [6.45, 7) is 6.82. The molecule has 0 saturated carbocycles. The maximum absolute atomic E-state index is 11.5. The molecule has 0 spiro atoms. The molecule has 2 aromatic rings. The van der Waals surface area contributed by atoms with E-state index in [-0.39, 0.29) is 11.0 Å². The molecule has 0 amide bonds. The minimum Gasteiger partial charge on any atom is -0.268 e. The summed E-state index contributed by atoms with van der Waals surface area (Å²) in [6, 6.07) is 3.15. The average molecular weight is 249 g/mol. The fourth-order valence-electron chi connectivity index (χ4n) is 1.36. The third-order valence-electron chi connectivity index (χ3n) is 2.39. The second kappa shape index (κ2) is 4.41. The van der Waals surface area contributed by atoms with Crippen molar-refractivity contribution in [3.05, 3.63) is 44.8 Å². The summed E-state index contributed by atoms with van der Waals surface area (Å²) in [6.07, 6.45) is 1.61. The standard InChI is InChI=1S/C12H15N3OS/c1-12(2,3)9-8-17-10(14-9)7-15-11(16)5-4-6-13-15/h4-6,8H,7H2,1-3H3. The predicted molar refractivity (Wildman–Crippen MR) is 68.4 cm³/mol. The average Bonchev–Trinajstić information content (AvgIpc) is 2.69. The van der Waals surface area contributed by atoms with Gasteiger partial charge in [-0.15, -0.1) is 11.3 Å². The summed E-state index contributed by atoms with van der Waals surface area (Å²) in [5.41, 5.74) is 1.01. The minimum absolute atomic E-state index is 0.0455. The van der Waals surface area contributed by atoms with Gasteiger partial charge in [-0.05, 0) is 6.07 Å². The predicted octanol–water partition coefficient (Wildman–Crippen LogP) is 2.05. The van der Waals surface area contributed by atoms with E-state index >= 15 is 0 Å². The number of hydrogen-bond donors (Lipinski definition) is 0. The third kappa shape index (κ3) is 2.79. The van der Waals surface area contributed by atoms with Crippen LogP contribution in [0.5, 0.6) is 0 Å². The van der Waals surface area contributed by atoms with Crippen molar-refractivity contribution in [3.8, 4) is 0 Å². The van der Waals surface area contributed by atoms with Crippen molar-refractivity contribution in [2.24, 2.45) is 0 Å². The van der Waals surface area contributed by atoms with Gasteiger partial charge in [-0.3, -0.25) is 4.79 Å². The van der Waals surface area contributed by atoms with Gasteiger partial charge in [0.2, 0.25) is 0 Å². The lowest BCUT2D eigenvalue weighted by molar-refractivity contribution is 0.565. The number of nitrogens with zero attached hydrogens (tertiary/aromatic N) is 3. The van der Waals surface area contributed by atoms with Gasteiger partial charge in [-0.25, -0.2) is 9.67 Å². The van der Waals surface area contributed by atoms with Crippen molar-refractivity contribution in [3.63, 3.8) is 0 Å². The first-order valence-corrected chi connectivity index (χ1v) is 6.32. The molecule has 0 N–H and O–H groups in total. The van der Waals surface area contributed by atoms with Crippen LogP contribution in [0.3, 0.4) is 0 Å². The maximum Gasteiger partial charge on any atom is 0.267 e. The van der Waals surface area contributed by atoms with Crippen LogP contribution in [-0.4, -0.2) is 14.8 Å². The third-order valence-corrected chi connectivity index (χ3v) is 3.22. The molecule has 2 rings (SSSR count). The number of rotatable bonds is 2. The molecule has 90 valence electrons. The van der Waals surface area contributed by atoms with Crippen LogP contribution in [0.15, 0.2) is 28.5 Å². The number of hydrogen-bond acceptors (Lipinski definition) is 4. The van der Waals surface area contributed by atoms with Gasteiger partial charge < -0.3 is 0 Å². The molecule has 0 aliphatic rings. The first kappa shape index (κ1) is 12.0. The quantitative estimate of drug-likeness (QED) is 0.818. The van der Waals surface area contributed by atoms with Gasteiger partial charge >= 0.3 is 0 Å². The van der Waals surface area contributed by atoms with Crippen LogP contribution in [0.4, 0.5) is 0 Å². The monoisotopic (exact) mass is 249 g/mol. The van der Waals surface area contributed by atoms with Gasteiger partial charge in [0, 0.05) is 23.1 Å². The molecular formula is C12H15N3OS. The molecule has 0 atom stereocenters. The Morgan fingerprint density at radius 2 is 2.18 bits per heavy atom. The van der Waals surface area contributed by atoms with Crippen molar-refractivity contribution in [1.82, 2.24) is 14.8 Å². The Morgan fingerprint density at radius 3 is 2.76 bits per heavy atom. The largest absolute Gasteiger partial charge is 0.268 e. The zero-order valence-corrected chi connectivity index (χ0v) is 11.0. The Bertz CT molecular complexity index is 565. The molecule has 0 aromatic carbocycles. The van der Waals surface area contributed by atoms with Crippen molar-refractivity contribution in [2.75, 3.05) is 0 Å². The Kier molecular flexibility index (Phi) is 3.11. The molecule has 2 heterocycles. The Morgan fingerprint density at radius 1 is 1.41 bits per heavy atom. The second-order valence-electron chi connectivity index (χ2n) is 4.90. The number of thiazole rings is 1. The van der Waals surface area contributed by atoms with E-state index in [4.69, 9.17) is 0 Å². The molecule has 2 aromatic heterocycles. The van der Waals surface area contributed by atoms with Crippen molar-refractivity contribution >= 4 is 11.3 Å². The van der Waals surface area contributed by atoms with Crippen LogP contribution in [0.2, 0.25) is 0 Å². The topological polar surface area (TPSA) is 47.8 Å². The summed E-state index contributed by atoms with van der Waals surface area (Å²) in [5, 5.41) is 6.97. The number of aromatic nitrogens is 3. The highest BCUT2D eigenvalue weighted by molar-refractivity contribution is 7.09. The minimum atomic E-state index is -0.0972. The van der Waals surface area contributed by atoms with E-state index in [0.29, 0.717) is 6.54 Å². The zero-order valence-electron chi connectivity index (χ0n) is 10.2. The van der Waals surface area contributed by atoms with Gasteiger partial charge in [-0.2, -0.15) is 5.10 Å². The van der Waals surface area contributed by atoms with Crippen LogP contribution in [0, 0.1) is 0 Å². The lowest BCUT2D eigenvalue weighted by Crippen LogP contribution is -2.21. The SMILES string of the molecule is CC(C)(C)c1csc(Cn2ncccc2=O)n1. The summed E-state index contributed by atoms with van der Waals surface area (Å²) in [7, 11) is 0. The van der Waals surface area contributed by atoms with Crippen molar-refractivity contribution in [1.29, 1.82) is 0 Å². The van der Waals surface area contributed by atoms with Gasteiger partial charge in [-0.1, -0.05) is 20.8 Å². The molecule has 0 bridgehead atoms. The summed E-state index contributed by atoms with van der Waals surface area (Å²) < 4.78 is 1.42. The summed E-state index contributed by atoms with van der Waals surface area (Å²) in [4.78, 5) is 16.0. The molecule has 4 nitrogen and oxygen atoms in total. The highest BCUT2D eigenvalue weighted by Crippen LogP contribution is 2.23. The van der Waals surface area contributed by atoms with Crippen molar-refractivity contribution in [2.45, 2.75) is 32.7 Å². The van der Waals surface area contributed by atoms with Crippen LogP contribution in [-0.2, 0) is 12.0 Å². The van der Waals surface area contributed by atoms with E-state index in [0.717, 1.165) is 10.7 Å². The Labute approximate surface area is 104 Å². The van der Waals surface area contributed by atoms with E-state index in [1.165, 1.54) is 10.7 Å². The normalized spacial score (nSPS) is 11.7. The summed E-state index contributed by atoms with van der Waals surface area (Å²) in [5.74, 6) is 0. The Hall–Kier alpha value is -1.49. The molecule has 0 unspecified atom stereocenters. The molecule has 0 radical (unpaired) electrons. The fourth-order valence-corrected chi connectivity index (χ4v) is 2.36. The molecule has 0 saturated heterocycles. The molecule has 0 aliphatic heterocycles. The smallest absolute Gasteiger partial charge is 0.267 e. The molecule has 0 fully saturated rings. The van der Waals surface area contributed by atoms with Crippen LogP contribution >= 0.6 is 11.3 Å². The van der Waals surface area contributed by atoms with Crippen molar-refractivity contribution < 1.29 is 0 Å². The van der Waals surface area contributed by atoms with Gasteiger partial charge in [0.25, 0.3) is 5.56 Å². The van der Waals surface area contributed by atoms with Gasteiger partial charge in [0.05, 0.1) is 12.2 Å². The fraction of sp³-hybridized carbons (Fsp3) is 0.417.